The number of nitrogens with zero attached hydrogens (tertiary/aromatic N) is 2. The molecule has 2 heterocycles. The summed E-state index contributed by atoms with van der Waals surface area (Å²) in [5, 5.41) is 3.83. The van der Waals surface area contributed by atoms with Crippen LogP contribution in [-0.4, -0.2) is 41.5 Å². The van der Waals surface area contributed by atoms with Gasteiger partial charge in [-0.15, -0.1) is 0 Å². The Balaban J connectivity index is 1.69. The number of carbonyl (C=O) groups is 2. The first kappa shape index (κ1) is 21.0. The number of carbonyl (C=O) groups excluding carboxylic acids is 2. The van der Waals surface area contributed by atoms with Crippen molar-refractivity contribution < 1.29 is 14.3 Å². The van der Waals surface area contributed by atoms with Gasteiger partial charge in [0.25, 0.3) is 5.91 Å². The van der Waals surface area contributed by atoms with Crippen molar-refractivity contribution >= 4 is 28.5 Å². The van der Waals surface area contributed by atoms with Crippen molar-refractivity contribution in [2.45, 2.75) is 33.2 Å². The average Bonchev–Trinajstić information content (AvgIpc) is 2.80. The van der Waals surface area contributed by atoms with E-state index >= 15 is 0 Å². The maximum Gasteiger partial charge on any atom is 0.338 e. The third kappa shape index (κ3) is 4.44. The van der Waals surface area contributed by atoms with E-state index in [4.69, 9.17) is 9.72 Å². The molecule has 1 aromatic heterocycles. The summed E-state index contributed by atoms with van der Waals surface area (Å²) in [5.41, 5.74) is 4.46. The molecule has 6 heteroatoms. The van der Waals surface area contributed by atoms with Gasteiger partial charge in [-0.2, -0.15) is 0 Å². The maximum absolute atomic E-state index is 13.5. The summed E-state index contributed by atoms with van der Waals surface area (Å²) in [4.78, 5) is 32.8. The summed E-state index contributed by atoms with van der Waals surface area (Å²) in [6, 6.07) is 14.6. The number of amides is 1. The van der Waals surface area contributed by atoms with Crippen LogP contribution in [0.2, 0.25) is 0 Å². The van der Waals surface area contributed by atoms with Gasteiger partial charge >= 0.3 is 5.97 Å². The number of fused-ring (bicyclic) bond motifs is 2. The van der Waals surface area contributed by atoms with Crippen LogP contribution in [0.15, 0.2) is 48.5 Å². The SMILES string of the molecule is CCCOC(=O)c1cccc(NC(=O)c2c3c(nc4ccccc24)CCN(CC)C3)c1. The Bertz CT molecular complexity index is 1130. The van der Waals surface area contributed by atoms with E-state index in [9.17, 15) is 9.59 Å². The molecule has 0 aliphatic carbocycles. The molecule has 4 rings (SSSR count). The highest BCUT2D eigenvalue weighted by Gasteiger charge is 2.25. The van der Waals surface area contributed by atoms with Gasteiger partial charge in [-0.25, -0.2) is 4.79 Å². The molecular weight excluding hydrogens is 390 g/mol. The molecule has 2 aromatic carbocycles. The number of rotatable bonds is 6. The lowest BCUT2D eigenvalue weighted by molar-refractivity contribution is 0.0505. The smallest absolute Gasteiger partial charge is 0.338 e. The average molecular weight is 418 g/mol. The lowest BCUT2D eigenvalue weighted by Gasteiger charge is -2.29. The van der Waals surface area contributed by atoms with Gasteiger partial charge < -0.3 is 10.1 Å². The van der Waals surface area contributed by atoms with Crippen LogP contribution in [0.5, 0.6) is 0 Å². The van der Waals surface area contributed by atoms with Crippen molar-refractivity contribution in [1.29, 1.82) is 0 Å². The lowest BCUT2D eigenvalue weighted by atomic mass is 9.95. The van der Waals surface area contributed by atoms with Crippen molar-refractivity contribution in [2.75, 3.05) is 25.0 Å². The number of para-hydroxylation sites is 1. The molecule has 0 saturated carbocycles. The van der Waals surface area contributed by atoms with E-state index in [0.29, 0.717) is 30.0 Å². The van der Waals surface area contributed by atoms with E-state index in [2.05, 4.69) is 17.1 Å². The molecule has 0 unspecified atom stereocenters. The Labute approximate surface area is 182 Å². The van der Waals surface area contributed by atoms with Gasteiger partial charge in [0.05, 0.1) is 23.3 Å². The highest BCUT2D eigenvalue weighted by Crippen LogP contribution is 2.29. The molecule has 0 radical (unpaired) electrons. The summed E-state index contributed by atoms with van der Waals surface area (Å²) in [5.74, 6) is -0.574. The van der Waals surface area contributed by atoms with Crippen LogP contribution in [0, 0.1) is 0 Å². The molecule has 1 aliphatic rings. The van der Waals surface area contributed by atoms with Crippen molar-refractivity contribution in [3.8, 4) is 0 Å². The number of hydrogen-bond acceptors (Lipinski definition) is 5. The van der Waals surface area contributed by atoms with Crippen LogP contribution >= 0.6 is 0 Å². The van der Waals surface area contributed by atoms with Crippen molar-refractivity contribution in [3.63, 3.8) is 0 Å². The van der Waals surface area contributed by atoms with E-state index in [0.717, 1.165) is 48.1 Å². The molecule has 0 bridgehead atoms. The summed E-state index contributed by atoms with van der Waals surface area (Å²) < 4.78 is 5.21. The first-order valence-electron chi connectivity index (χ1n) is 10.8. The van der Waals surface area contributed by atoms with Gasteiger partial charge in [-0.05, 0) is 37.2 Å². The Kier molecular flexibility index (Phi) is 6.28. The van der Waals surface area contributed by atoms with Crippen molar-refractivity contribution in [3.05, 3.63) is 70.9 Å². The van der Waals surface area contributed by atoms with Crippen LogP contribution in [0.25, 0.3) is 10.9 Å². The summed E-state index contributed by atoms with van der Waals surface area (Å²) in [6.45, 7) is 7.02. The molecule has 1 amide bonds. The van der Waals surface area contributed by atoms with Gasteiger partial charge in [0.15, 0.2) is 0 Å². The van der Waals surface area contributed by atoms with E-state index in [1.165, 1.54) is 0 Å². The van der Waals surface area contributed by atoms with Crippen molar-refractivity contribution in [2.24, 2.45) is 0 Å². The second kappa shape index (κ2) is 9.27. The maximum atomic E-state index is 13.5. The number of anilines is 1. The number of hydrogen-bond donors (Lipinski definition) is 1. The molecule has 3 aromatic rings. The van der Waals surface area contributed by atoms with Crippen LogP contribution in [0.1, 0.15) is 52.2 Å². The second-order valence-corrected chi connectivity index (χ2v) is 7.72. The molecule has 0 atom stereocenters. The highest BCUT2D eigenvalue weighted by molar-refractivity contribution is 6.13. The molecule has 0 saturated heterocycles. The second-order valence-electron chi connectivity index (χ2n) is 7.72. The topological polar surface area (TPSA) is 71.5 Å². The number of likely N-dealkylation sites (N-methyl/N-ethyl adjacent to an activating group) is 1. The van der Waals surface area contributed by atoms with Crippen LogP contribution < -0.4 is 5.32 Å². The fourth-order valence-electron chi connectivity index (χ4n) is 3.97. The zero-order chi connectivity index (χ0) is 21.8. The molecule has 1 aliphatic heterocycles. The molecule has 0 spiro atoms. The van der Waals surface area contributed by atoms with Crippen molar-refractivity contribution in [1.82, 2.24) is 9.88 Å². The third-order valence-electron chi connectivity index (χ3n) is 5.59. The molecule has 6 nitrogen and oxygen atoms in total. The molecule has 31 heavy (non-hydrogen) atoms. The van der Waals surface area contributed by atoms with Crippen LogP contribution in [0.4, 0.5) is 5.69 Å². The Hall–Kier alpha value is -3.25. The number of ether oxygens (including phenoxy) is 1. The fraction of sp³-hybridized carbons (Fsp3) is 0.320. The highest BCUT2D eigenvalue weighted by atomic mass is 16.5. The summed E-state index contributed by atoms with van der Waals surface area (Å²) >= 11 is 0. The first-order valence-corrected chi connectivity index (χ1v) is 10.8. The largest absolute Gasteiger partial charge is 0.462 e. The molecule has 160 valence electrons. The monoisotopic (exact) mass is 417 g/mol. The fourth-order valence-corrected chi connectivity index (χ4v) is 3.97. The first-order chi connectivity index (χ1) is 15.1. The third-order valence-corrected chi connectivity index (χ3v) is 5.59. The Morgan fingerprint density at radius 2 is 1.97 bits per heavy atom. The summed E-state index contributed by atoms with van der Waals surface area (Å²) in [7, 11) is 0. The predicted octanol–water partition coefficient (Wildman–Crippen LogP) is 4.43. The predicted molar refractivity (Wildman–Crippen MR) is 121 cm³/mol. The number of nitrogens with one attached hydrogen (secondary N) is 1. The van der Waals surface area contributed by atoms with E-state index in [1.54, 1.807) is 24.3 Å². The van der Waals surface area contributed by atoms with Gasteiger partial charge in [-0.3, -0.25) is 14.7 Å². The van der Waals surface area contributed by atoms with Gasteiger partial charge in [-0.1, -0.05) is 38.1 Å². The molecular formula is C25H27N3O3. The molecule has 0 fully saturated rings. The number of benzene rings is 2. The normalized spacial score (nSPS) is 13.6. The minimum Gasteiger partial charge on any atom is -0.462 e. The number of pyridine rings is 1. The zero-order valence-corrected chi connectivity index (χ0v) is 18.0. The van der Waals surface area contributed by atoms with E-state index < -0.39 is 0 Å². The van der Waals surface area contributed by atoms with E-state index in [1.807, 2.05) is 31.2 Å². The van der Waals surface area contributed by atoms with Gasteiger partial charge in [0, 0.05) is 41.8 Å². The minimum atomic E-state index is -0.386. The van der Waals surface area contributed by atoms with Crippen LogP contribution in [0.3, 0.4) is 0 Å². The Morgan fingerprint density at radius 3 is 2.77 bits per heavy atom. The Morgan fingerprint density at radius 1 is 1.13 bits per heavy atom. The minimum absolute atomic E-state index is 0.188. The number of aromatic nitrogens is 1. The van der Waals surface area contributed by atoms with Crippen LogP contribution in [-0.2, 0) is 17.7 Å². The quantitative estimate of drug-likeness (QED) is 0.601. The standard InChI is InChI=1S/C25H27N3O3/c1-3-14-31-25(30)17-8-7-9-18(15-17)26-24(29)23-19-10-5-6-11-21(19)27-22-12-13-28(4-2)16-20(22)23/h5-11,15H,3-4,12-14,16H2,1-2H3,(H,26,29). The molecule has 1 N–H and O–H groups in total. The van der Waals surface area contributed by atoms with Gasteiger partial charge in [0.1, 0.15) is 0 Å². The lowest BCUT2D eigenvalue weighted by Crippen LogP contribution is -2.33. The van der Waals surface area contributed by atoms with E-state index in [-0.39, 0.29) is 11.9 Å². The zero-order valence-electron chi connectivity index (χ0n) is 18.0. The number of esters is 1. The van der Waals surface area contributed by atoms with Gasteiger partial charge in [0.2, 0.25) is 0 Å². The summed E-state index contributed by atoms with van der Waals surface area (Å²) in [6.07, 6.45) is 1.59.